The molecule has 1 aromatic rings. The van der Waals surface area contributed by atoms with Crippen LogP contribution in [0.4, 0.5) is 0 Å². The molecule has 3 N–H and O–H groups in total. The molecule has 0 saturated carbocycles. The molecule has 7 nitrogen and oxygen atoms in total. The fourth-order valence-corrected chi connectivity index (χ4v) is 2.05. The van der Waals surface area contributed by atoms with Gasteiger partial charge >= 0.3 is 0 Å². The van der Waals surface area contributed by atoms with Gasteiger partial charge in [0.05, 0.1) is 6.61 Å². The van der Waals surface area contributed by atoms with Crippen molar-refractivity contribution in [2.24, 2.45) is 10.9 Å². The summed E-state index contributed by atoms with van der Waals surface area (Å²) < 4.78 is 10.5. The molecule has 0 aromatic heterocycles. The van der Waals surface area contributed by atoms with Gasteiger partial charge < -0.3 is 25.4 Å². The molecule has 0 aliphatic carbocycles. The van der Waals surface area contributed by atoms with E-state index < -0.39 is 5.91 Å². The number of oxime groups is 1. The van der Waals surface area contributed by atoms with E-state index in [1.807, 2.05) is 24.3 Å². The number of carbonyl (C=O) groups is 1. The summed E-state index contributed by atoms with van der Waals surface area (Å²) in [6.45, 7) is 2.35. The van der Waals surface area contributed by atoms with Crippen LogP contribution in [0.1, 0.15) is 12.0 Å². The summed E-state index contributed by atoms with van der Waals surface area (Å²) in [5.74, 6) is 0.288. The lowest BCUT2D eigenvalue weighted by Crippen LogP contribution is -2.29. The zero-order valence-corrected chi connectivity index (χ0v) is 12.6. The quantitative estimate of drug-likeness (QED) is 0.645. The molecule has 2 rings (SSSR count). The van der Waals surface area contributed by atoms with Crippen LogP contribution in [0, 0.1) is 0 Å². The van der Waals surface area contributed by atoms with E-state index in [1.54, 1.807) is 7.11 Å². The predicted octanol–water partition coefficient (Wildman–Crippen LogP) is 0.432. The number of ether oxygens (including phenoxy) is 2. The smallest absolute Gasteiger partial charge is 0.266 e. The molecule has 1 amide bonds. The van der Waals surface area contributed by atoms with Gasteiger partial charge in [0, 0.05) is 26.6 Å². The standard InChI is InChI=1S/C15H21N3O4/c1-20-5-6-21-12-4-2-3-11(7-12)9-17-10-13-8-14(15(16)19)18-22-13/h2-4,7,13,17H,5-6,8-10H2,1H3,(H2,16,19)/t13-/m0/s1. The number of methoxy groups -OCH3 is 1. The second-order valence-corrected chi connectivity index (χ2v) is 4.95. The highest BCUT2D eigenvalue weighted by Gasteiger charge is 2.23. The van der Waals surface area contributed by atoms with E-state index in [1.165, 1.54) is 0 Å². The van der Waals surface area contributed by atoms with E-state index in [-0.39, 0.29) is 6.10 Å². The molecule has 1 aliphatic heterocycles. The van der Waals surface area contributed by atoms with Gasteiger partial charge in [-0.1, -0.05) is 17.3 Å². The third-order valence-corrected chi connectivity index (χ3v) is 3.17. The minimum Gasteiger partial charge on any atom is -0.491 e. The van der Waals surface area contributed by atoms with E-state index in [0.717, 1.165) is 11.3 Å². The Morgan fingerprint density at radius 1 is 1.50 bits per heavy atom. The summed E-state index contributed by atoms with van der Waals surface area (Å²) in [6.07, 6.45) is 0.298. The van der Waals surface area contributed by atoms with Crippen LogP contribution in [0.3, 0.4) is 0 Å². The molecule has 1 aromatic carbocycles. The number of nitrogens with zero attached hydrogens (tertiary/aromatic N) is 1. The number of hydrogen-bond donors (Lipinski definition) is 2. The van der Waals surface area contributed by atoms with Gasteiger partial charge in [0.1, 0.15) is 24.2 Å². The summed E-state index contributed by atoms with van der Waals surface area (Å²) in [5, 5.41) is 6.94. The van der Waals surface area contributed by atoms with Crippen molar-refractivity contribution in [3.8, 4) is 5.75 Å². The van der Waals surface area contributed by atoms with E-state index >= 15 is 0 Å². The summed E-state index contributed by atoms with van der Waals surface area (Å²) in [4.78, 5) is 16.1. The highest BCUT2D eigenvalue weighted by Crippen LogP contribution is 2.14. The van der Waals surface area contributed by atoms with Crippen molar-refractivity contribution in [1.29, 1.82) is 0 Å². The molecule has 0 saturated heterocycles. The first-order valence-corrected chi connectivity index (χ1v) is 7.13. The summed E-state index contributed by atoms with van der Waals surface area (Å²) >= 11 is 0. The van der Waals surface area contributed by atoms with Gasteiger partial charge in [-0.25, -0.2) is 0 Å². The molecule has 120 valence electrons. The fourth-order valence-electron chi connectivity index (χ4n) is 2.05. The minimum absolute atomic E-state index is 0.149. The SMILES string of the molecule is COCCOc1cccc(CNC[C@@H]2CC(C(N)=O)=NO2)c1. The van der Waals surface area contributed by atoms with E-state index in [4.69, 9.17) is 20.0 Å². The highest BCUT2D eigenvalue weighted by atomic mass is 16.6. The topological polar surface area (TPSA) is 95.2 Å². The van der Waals surface area contributed by atoms with Crippen LogP contribution in [0.25, 0.3) is 0 Å². The third kappa shape index (κ3) is 5.01. The molecule has 0 radical (unpaired) electrons. The molecule has 0 bridgehead atoms. The van der Waals surface area contributed by atoms with Crippen molar-refractivity contribution in [2.75, 3.05) is 26.9 Å². The minimum atomic E-state index is -0.525. The lowest BCUT2D eigenvalue weighted by atomic mass is 10.1. The average Bonchev–Trinajstić information content (AvgIpc) is 2.97. The number of rotatable bonds is 9. The first-order chi connectivity index (χ1) is 10.7. The monoisotopic (exact) mass is 307 g/mol. The van der Waals surface area contributed by atoms with Gasteiger partial charge in [0.2, 0.25) is 0 Å². The van der Waals surface area contributed by atoms with Gasteiger partial charge in [-0.2, -0.15) is 0 Å². The van der Waals surface area contributed by atoms with Gasteiger partial charge in [-0.3, -0.25) is 4.79 Å². The van der Waals surface area contributed by atoms with Crippen LogP contribution in [0.2, 0.25) is 0 Å². The maximum atomic E-state index is 11.0. The Bertz CT molecular complexity index is 533. The van der Waals surface area contributed by atoms with Crippen LogP contribution >= 0.6 is 0 Å². The van der Waals surface area contributed by atoms with Gasteiger partial charge in [-0.05, 0) is 17.7 Å². The first-order valence-electron chi connectivity index (χ1n) is 7.13. The van der Waals surface area contributed by atoms with Gasteiger partial charge in [0.25, 0.3) is 5.91 Å². The Hall–Kier alpha value is -2.12. The van der Waals surface area contributed by atoms with Crippen LogP contribution < -0.4 is 15.8 Å². The Kier molecular flexibility index (Phi) is 6.17. The molecule has 1 aliphatic rings. The molecule has 7 heteroatoms. The van der Waals surface area contributed by atoms with Crippen LogP contribution in [0.5, 0.6) is 5.75 Å². The number of benzene rings is 1. The van der Waals surface area contributed by atoms with Crippen LogP contribution in [-0.2, 0) is 20.9 Å². The molecule has 0 unspecified atom stereocenters. The largest absolute Gasteiger partial charge is 0.491 e. The number of nitrogens with two attached hydrogens (primary N) is 1. The van der Waals surface area contributed by atoms with Crippen molar-refractivity contribution < 1.29 is 19.1 Å². The third-order valence-electron chi connectivity index (χ3n) is 3.17. The van der Waals surface area contributed by atoms with Gasteiger partial charge in [0.15, 0.2) is 0 Å². The molecular formula is C15H21N3O4. The fraction of sp³-hybridized carbons (Fsp3) is 0.467. The normalized spacial score (nSPS) is 17.0. The van der Waals surface area contributed by atoms with Crippen LogP contribution in [0.15, 0.2) is 29.4 Å². The molecule has 0 fully saturated rings. The van der Waals surface area contributed by atoms with Gasteiger partial charge in [-0.15, -0.1) is 0 Å². The molecule has 22 heavy (non-hydrogen) atoms. The van der Waals surface area contributed by atoms with Crippen molar-refractivity contribution in [3.63, 3.8) is 0 Å². The Morgan fingerprint density at radius 3 is 3.09 bits per heavy atom. The lowest BCUT2D eigenvalue weighted by molar-refractivity contribution is -0.112. The van der Waals surface area contributed by atoms with Crippen LogP contribution in [-0.4, -0.2) is 44.6 Å². The number of carbonyl (C=O) groups excluding carboxylic acids is 1. The van der Waals surface area contributed by atoms with Crippen molar-refractivity contribution >= 4 is 11.6 Å². The average molecular weight is 307 g/mol. The van der Waals surface area contributed by atoms with Crippen molar-refractivity contribution in [3.05, 3.63) is 29.8 Å². The summed E-state index contributed by atoms with van der Waals surface area (Å²) in [6, 6.07) is 7.84. The molecule has 1 heterocycles. The Morgan fingerprint density at radius 2 is 2.36 bits per heavy atom. The summed E-state index contributed by atoms with van der Waals surface area (Å²) in [7, 11) is 1.64. The maximum Gasteiger partial charge on any atom is 0.266 e. The number of nitrogens with one attached hydrogen (secondary N) is 1. The Balaban J connectivity index is 1.71. The second-order valence-electron chi connectivity index (χ2n) is 4.95. The lowest BCUT2D eigenvalue weighted by Gasteiger charge is -2.11. The van der Waals surface area contributed by atoms with Crippen molar-refractivity contribution in [1.82, 2.24) is 5.32 Å². The number of primary amides is 1. The zero-order valence-electron chi connectivity index (χ0n) is 12.6. The first kappa shape index (κ1) is 16.3. The van der Waals surface area contributed by atoms with Crippen molar-refractivity contribution in [2.45, 2.75) is 19.1 Å². The number of amides is 1. The maximum absolute atomic E-state index is 11.0. The van der Waals surface area contributed by atoms with E-state index in [2.05, 4.69) is 10.5 Å². The van der Waals surface area contributed by atoms with E-state index in [9.17, 15) is 4.79 Å². The molecule has 1 atom stereocenters. The molecule has 0 spiro atoms. The summed E-state index contributed by atoms with van der Waals surface area (Å²) in [5.41, 5.74) is 6.55. The zero-order chi connectivity index (χ0) is 15.8. The predicted molar refractivity (Wildman–Crippen MR) is 81.6 cm³/mol. The number of hydrogen-bond acceptors (Lipinski definition) is 6. The molecular weight excluding hydrogens is 286 g/mol. The van der Waals surface area contributed by atoms with E-state index in [0.29, 0.717) is 38.4 Å². The Labute approximate surface area is 129 Å². The second kappa shape index (κ2) is 8.35. The highest BCUT2D eigenvalue weighted by molar-refractivity contribution is 6.38.